The average molecular weight is 455 g/mol. The number of fused-ring (bicyclic) bond motifs is 1. The minimum absolute atomic E-state index is 0.142. The van der Waals surface area contributed by atoms with Crippen molar-refractivity contribution in [3.05, 3.63) is 86.7 Å². The molecule has 0 fully saturated rings. The number of aromatic nitrogens is 2. The number of nitriles is 1. The summed E-state index contributed by atoms with van der Waals surface area (Å²) in [6.45, 7) is 0. The van der Waals surface area contributed by atoms with Gasteiger partial charge in [-0.1, -0.05) is 35.3 Å². The number of anilines is 1. The van der Waals surface area contributed by atoms with Gasteiger partial charge in [-0.3, -0.25) is 14.6 Å². The molecule has 0 atom stereocenters. The number of nitrogens with zero attached hydrogens (tertiary/aromatic N) is 3. The van der Waals surface area contributed by atoms with E-state index in [1.165, 1.54) is 23.7 Å². The third-order valence-corrected chi connectivity index (χ3v) is 5.94. The SMILES string of the molecule is N#Cc1ccc(Cc2cc(C(=O)C(=O)Nc3c(Cl)cncc3Cl)c3sccn23)cc1. The highest BCUT2D eigenvalue weighted by Crippen LogP contribution is 2.30. The van der Waals surface area contributed by atoms with Crippen molar-refractivity contribution >= 4 is 56.7 Å². The zero-order valence-electron chi connectivity index (χ0n) is 15.2. The second kappa shape index (κ2) is 8.28. The average Bonchev–Trinajstić information content (AvgIpc) is 3.35. The Labute approximate surface area is 185 Å². The van der Waals surface area contributed by atoms with Gasteiger partial charge in [0.1, 0.15) is 4.83 Å². The highest BCUT2D eigenvalue weighted by Gasteiger charge is 2.24. The smallest absolute Gasteiger partial charge is 0.296 e. The molecule has 9 heteroatoms. The number of hydrogen-bond acceptors (Lipinski definition) is 5. The van der Waals surface area contributed by atoms with E-state index in [1.54, 1.807) is 18.2 Å². The van der Waals surface area contributed by atoms with Crippen LogP contribution in [-0.2, 0) is 11.2 Å². The monoisotopic (exact) mass is 454 g/mol. The Balaban J connectivity index is 1.62. The van der Waals surface area contributed by atoms with Crippen LogP contribution in [0.2, 0.25) is 10.0 Å². The Bertz CT molecular complexity index is 1300. The number of carbonyl (C=O) groups excluding carboxylic acids is 2. The van der Waals surface area contributed by atoms with Gasteiger partial charge >= 0.3 is 0 Å². The number of thiazole rings is 1. The fraction of sp³-hybridized carbons (Fsp3) is 0.0476. The molecule has 4 aromatic rings. The second-order valence-electron chi connectivity index (χ2n) is 6.37. The number of benzene rings is 1. The Kier molecular flexibility index (Phi) is 5.55. The van der Waals surface area contributed by atoms with E-state index < -0.39 is 11.7 Å². The Morgan fingerprint density at radius 2 is 1.87 bits per heavy atom. The molecule has 0 aliphatic heterocycles. The van der Waals surface area contributed by atoms with Crippen LogP contribution in [0.5, 0.6) is 0 Å². The van der Waals surface area contributed by atoms with Crippen LogP contribution in [0.1, 0.15) is 27.2 Å². The molecule has 148 valence electrons. The molecule has 0 aliphatic rings. The van der Waals surface area contributed by atoms with Crippen LogP contribution in [0, 0.1) is 11.3 Å². The number of halogens is 2. The molecule has 4 rings (SSSR count). The first kappa shape index (κ1) is 20.1. The highest BCUT2D eigenvalue weighted by molar-refractivity contribution is 7.16. The zero-order chi connectivity index (χ0) is 21.3. The third kappa shape index (κ3) is 3.81. The third-order valence-electron chi connectivity index (χ3n) is 4.47. The predicted octanol–water partition coefficient (Wildman–Crippen LogP) is 4.99. The number of amides is 1. The van der Waals surface area contributed by atoms with Crippen LogP contribution in [0.25, 0.3) is 4.83 Å². The van der Waals surface area contributed by atoms with Gasteiger partial charge in [0, 0.05) is 36.1 Å². The van der Waals surface area contributed by atoms with Crippen LogP contribution >= 0.6 is 34.5 Å². The minimum atomic E-state index is -0.837. The van der Waals surface area contributed by atoms with Crippen molar-refractivity contribution in [1.29, 1.82) is 5.26 Å². The quantitative estimate of drug-likeness (QED) is 0.340. The number of nitrogens with one attached hydrogen (secondary N) is 1. The summed E-state index contributed by atoms with van der Waals surface area (Å²) < 4.78 is 1.88. The van der Waals surface area contributed by atoms with Crippen molar-refractivity contribution in [2.45, 2.75) is 6.42 Å². The van der Waals surface area contributed by atoms with Crippen molar-refractivity contribution in [1.82, 2.24) is 9.38 Å². The number of rotatable bonds is 5. The van der Waals surface area contributed by atoms with Crippen molar-refractivity contribution in [2.75, 3.05) is 5.32 Å². The van der Waals surface area contributed by atoms with Crippen LogP contribution in [0.15, 0.2) is 54.3 Å². The van der Waals surface area contributed by atoms with Gasteiger partial charge in [-0.15, -0.1) is 11.3 Å². The topological polar surface area (TPSA) is 87.3 Å². The van der Waals surface area contributed by atoms with Crippen LogP contribution in [0.3, 0.4) is 0 Å². The lowest BCUT2D eigenvalue weighted by molar-refractivity contribution is -0.112. The Morgan fingerprint density at radius 1 is 1.17 bits per heavy atom. The maximum Gasteiger partial charge on any atom is 0.296 e. The highest BCUT2D eigenvalue weighted by atomic mass is 35.5. The number of carbonyl (C=O) groups is 2. The van der Waals surface area contributed by atoms with Gasteiger partial charge in [0.25, 0.3) is 11.7 Å². The molecular formula is C21H12Cl2N4O2S. The van der Waals surface area contributed by atoms with Gasteiger partial charge in [0.05, 0.1) is 32.9 Å². The summed E-state index contributed by atoms with van der Waals surface area (Å²) in [6, 6.07) is 11.0. The van der Waals surface area contributed by atoms with E-state index in [0.29, 0.717) is 22.4 Å². The first-order chi connectivity index (χ1) is 14.5. The summed E-state index contributed by atoms with van der Waals surface area (Å²) in [5.74, 6) is -1.53. The lowest BCUT2D eigenvalue weighted by atomic mass is 10.1. The van der Waals surface area contributed by atoms with Crippen LogP contribution < -0.4 is 5.32 Å². The summed E-state index contributed by atoms with van der Waals surface area (Å²) in [7, 11) is 0. The molecule has 1 aromatic carbocycles. The van der Waals surface area contributed by atoms with Crippen molar-refractivity contribution in [2.24, 2.45) is 0 Å². The predicted molar refractivity (Wildman–Crippen MR) is 116 cm³/mol. The maximum atomic E-state index is 12.9. The fourth-order valence-corrected chi connectivity index (χ4v) is 4.37. The van der Waals surface area contributed by atoms with Gasteiger partial charge < -0.3 is 9.72 Å². The summed E-state index contributed by atoms with van der Waals surface area (Å²) in [4.78, 5) is 30.0. The number of Topliss-reactive ketones (excluding diaryl/α,β-unsaturated/α-hetero) is 1. The van der Waals surface area contributed by atoms with E-state index in [4.69, 9.17) is 28.5 Å². The Hall–Kier alpha value is -3.18. The molecule has 0 radical (unpaired) electrons. The number of ketones is 1. The van der Waals surface area contributed by atoms with E-state index in [1.807, 2.05) is 28.1 Å². The molecule has 1 amide bonds. The molecule has 0 spiro atoms. The number of pyridine rings is 1. The largest absolute Gasteiger partial charge is 0.316 e. The van der Waals surface area contributed by atoms with Crippen molar-refractivity contribution < 1.29 is 9.59 Å². The zero-order valence-corrected chi connectivity index (χ0v) is 17.6. The lowest BCUT2D eigenvalue weighted by Gasteiger charge is -2.07. The van der Waals surface area contributed by atoms with Gasteiger partial charge in [-0.05, 0) is 23.8 Å². The van der Waals surface area contributed by atoms with Crippen molar-refractivity contribution in [3.8, 4) is 6.07 Å². The molecule has 6 nitrogen and oxygen atoms in total. The van der Waals surface area contributed by atoms with Gasteiger partial charge in [0.2, 0.25) is 0 Å². The molecule has 0 saturated carbocycles. The first-order valence-corrected chi connectivity index (χ1v) is 10.3. The molecular weight excluding hydrogens is 443 g/mol. The normalized spacial score (nSPS) is 10.7. The molecule has 3 aromatic heterocycles. The van der Waals surface area contributed by atoms with E-state index in [0.717, 1.165) is 11.3 Å². The van der Waals surface area contributed by atoms with E-state index >= 15 is 0 Å². The first-order valence-electron chi connectivity index (χ1n) is 8.69. The Morgan fingerprint density at radius 3 is 2.53 bits per heavy atom. The van der Waals surface area contributed by atoms with Gasteiger partial charge in [0.15, 0.2) is 0 Å². The summed E-state index contributed by atoms with van der Waals surface area (Å²) in [6.07, 6.45) is 5.06. The summed E-state index contributed by atoms with van der Waals surface area (Å²) >= 11 is 13.4. The molecule has 0 aliphatic carbocycles. The molecule has 0 unspecified atom stereocenters. The van der Waals surface area contributed by atoms with Crippen LogP contribution in [-0.4, -0.2) is 21.1 Å². The van der Waals surface area contributed by atoms with E-state index in [9.17, 15) is 9.59 Å². The summed E-state index contributed by atoms with van der Waals surface area (Å²) in [5, 5.41) is 13.6. The molecule has 0 saturated heterocycles. The lowest BCUT2D eigenvalue weighted by Crippen LogP contribution is -2.23. The van der Waals surface area contributed by atoms with E-state index in [-0.39, 0.29) is 15.7 Å². The maximum absolute atomic E-state index is 12.9. The minimum Gasteiger partial charge on any atom is -0.316 e. The van der Waals surface area contributed by atoms with Crippen LogP contribution in [0.4, 0.5) is 5.69 Å². The van der Waals surface area contributed by atoms with E-state index in [2.05, 4.69) is 16.4 Å². The number of hydrogen-bond donors (Lipinski definition) is 1. The van der Waals surface area contributed by atoms with Crippen molar-refractivity contribution in [3.63, 3.8) is 0 Å². The van der Waals surface area contributed by atoms with Gasteiger partial charge in [-0.2, -0.15) is 5.26 Å². The van der Waals surface area contributed by atoms with Gasteiger partial charge in [-0.25, -0.2) is 0 Å². The molecule has 3 heterocycles. The molecule has 1 N–H and O–H groups in total. The molecule has 30 heavy (non-hydrogen) atoms. The summed E-state index contributed by atoms with van der Waals surface area (Å²) in [5.41, 5.74) is 2.86. The molecule has 0 bridgehead atoms. The fourth-order valence-electron chi connectivity index (χ4n) is 3.03. The second-order valence-corrected chi connectivity index (χ2v) is 8.08. The standard InChI is InChI=1S/C21H12Cl2N4O2S/c22-16-10-25-11-17(23)18(16)26-20(29)19(28)15-8-14(27-5-6-30-21(15)27)7-12-1-3-13(9-24)4-2-12/h1-6,8,10-11H,7H2,(H,25,26,29).